The van der Waals surface area contributed by atoms with E-state index in [0.29, 0.717) is 28.8 Å². The summed E-state index contributed by atoms with van der Waals surface area (Å²) in [5, 5.41) is 3.94. The van der Waals surface area contributed by atoms with Gasteiger partial charge in [0.15, 0.2) is 6.61 Å². The van der Waals surface area contributed by atoms with Crippen molar-refractivity contribution in [3.8, 4) is 5.75 Å². The molecule has 0 aliphatic rings. The lowest BCUT2D eigenvalue weighted by molar-refractivity contribution is -0.142. The minimum Gasteiger partial charge on any atom is -0.482 e. The van der Waals surface area contributed by atoms with Crippen molar-refractivity contribution >= 4 is 50.9 Å². The summed E-state index contributed by atoms with van der Waals surface area (Å²) >= 11 is 15.8. The van der Waals surface area contributed by atoms with Gasteiger partial charge in [-0.2, -0.15) is 0 Å². The first-order valence-electron chi connectivity index (χ1n) is 11.7. The molecule has 8 heteroatoms. The molecule has 5 nitrogen and oxygen atoms in total. The van der Waals surface area contributed by atoms with Crippen LogP contribution in [-0.4, -0.2) is 35.9 Å². The van der Waals surface area contributed by atoms with E-state index in [-0.39, 0.29) is 30.9 Å². The van der Waals surface area contributed by atoms with Gasteiger partial charge in [-0.25, -0.2) is 0 Å². The third-order valence-electron chi connectivity index (χ3n) is 5.44. The molecule has 3 aromatic rings. The number of benzene rings is 3. The molecule has 0 saturated heterocycles. The first-order chi connectivity index (χ1) is 17.2. The van der Waals surface area contributed by atoms with Crippen molar-refractivity contribution in [2.45, 2.75) is 32.9 Å². The topological polar surface area (TPSA) is 58.6 Å². The Morgan fingerprint density at radius 3 is 2.36 bits per heavy atom. The SMILES string of the molecule is CC(C)CNC(=O)[C@@H](Cc1ccccc1)N(Cc1cccc(Cl)c1)C(=O)COc1ccc(Br)cc1Cl. The Morgan fingerprint density at radius 2 is 1.69 bits per heavy atom. The van der Waals surface area contributed by atoms with Crippen LogP contribution in [0.4, 0.5) is 0 Å². The van der Waals surface area contributed by atoms with Crippen molar-refractivity contribution < 1.29 is 14.3 Å². The summed E-state index contributed by atoms with van der Waals surface area (Å²) in [5.41, 5.74) is 1.76. The van der Waals surface area contributed by atoms with E-state index in [9.17, 15) is 9.59 Å². The normalized spacial score (nSPS) is 11.7. The minimum absolute atomic E-state index is 0.198. The Hall–Kier alpha value is -2.54. The Labute approximate surface area is 230 Å². The zero-order valence-corrected chi connectivity index (χ0v) is 23.3. The van der Waals surface area contributed by atoms with Crippen molar-refractivity contribution in [2.24, 2.45) is 5.92 Å². The van der Waals surface area contributed by atoms with Gasteiger partial charge >= 0.3 is 0 Å². The number of nitrogens with zero attached hydrogens (tertiary/aromatic N) is 1. The lowest BCUT2D eigenvalue weighted by Gasteiger charge is -2.31. The van der Waals surface area contributed by atoms with Crippen LogP contribution in [0, 0.1) is 5.92 Å². The zero-order valence-electron chi connectivity index (χ0n) is 20.2. The van der Waals surface area contributed by atoms with Crippen LogP contribution in [0.3, 0.4) is 0 Å². The van der Waals surface area contributed by atoms with Gasteiger partial charge in [-0.3, -0.25) is 9.59 Å². The van der Waals surface area contributed by atoms with Gasteiger partial charge in [0.05, 0.1) is 5.02 Å². The van der Waals surface area contributed by atoms with Gasteiger partial charge in [-0.15, -0.1) is 0 Å². The fraction of sp³-hybridized carbons (Fsp3) is 0.286. The minimum atomic E-state index is -0.748. The predicted molar refractivity (Wildman–Crippen MR) is 148 cm³/mol. The summed E-state index contributed by atoms with van der Waals surface area (Å²) in [5.74, 6) is 0.102. The first-order valence-corrected chi connectivity index (χ1v) is 13.2. The highest BCUT2D eigenvalue weighted by atomic mass is 79.9. The number of hydrogen-bond donors (Lipinski definition) is 1. The molecule has 1 N–H and O–H groups in total. The number of amides is 2. The van der Waals surface area contributed by atoms with Crippen LogP contribution in [-0.2, 0) is 22.6 Å². The van der Waals surface area contributed by atoms with E-state index in [0.717, 1.165) is 15.6 Å². The van der Waals surface area contributed by atoms with Crippen LogP contribution in [0.1, 0.15) is 25.0 Å². The number of halogens is 3. The van der Waals surface area contributed by atoms with Crippen LogP contribution in [0.25, 0.3) is 0 Å². The molecule has 2 amide bonds. The van der Waals surface area contributed by atoms with Crippen LogP contribution in [0.2, 0.25) is 10.0 Å². The van der Waals surface area contributed by atoms with Gasteiger partial charge in [0.1, 0.15) is 11.8 Å². The number of ether oxygens (including phenoxy) is 1. The molecule has 0 saturated carbocycles. The lowest BCUT2D eigenvalue weighted by atomic mass is 10.0. The summed E-state index contributed by atoms with van der Waals surface area (Å²) in [6.45, 7) is 4.48. The average molecular weight is 592 g/mol. The summed E-state index contributed by atoms with van der Waals surface area (Å²) < 4.78 is 6.58. The maximum absolute atomic E-state index is 13.6. The fourth-order valence-corrected chi connectivity index (χ4v) is 4.56. The van der Waals surface area contributed by atoms with Gasteiger partial charge in [0, 0.05) is 29.0 Å². The van der Waals surface area contributed by atoms with Crippen LogP contribution in [0.5, 0.6) is 5.75 Å². The van der Waals surface area contributed by atoms with Crippen LogP contribution < -0.4 is 10.1 Å². The molecule has 0 aliphatic heterocycles. The lowest BCUT2D eigenvalue weighted by Crippen LogP contribution is -2.52. The molecule has 36 heavy (non-hydrogen) atoms. The molecule has 0 aliphatic carbocycles. The molecule has 3 aromatic carbocycles. The Bertz CT molecular complexity index is 1170. The molecule has 0 radical (unpaired) electrons. The number of carbonyl (C=O) groups excluding carboxylic acids is 2. The third-order valence-corrected chi connectivity index (χ3v) is 6.47. The molecule has 1 atom stereocenters. The number of carbonyl (C=O) groups is 2. The average Bonchev–Trinajstić information content (AvgIpc) is 2.84. The molecule has 0 spiro atoms. The van der Waals surface area contributed by atoms with E-state index in [1.54, 1.807) is 35.2 Å². The maximum Gasteiger partial charge on any atom is 0.261 e. The molecule has 0 aromatic heterocycles. The Morgan fingerprint density at radius 1 is 0.972 bits per heavy atom. The van der Waals surface area contributed by atoms with Gasteiger partial charge < -0.3 is 15.0 Å². The van der Waals surface area contributed by atoms with Crippen molar-refractivity contribution in [1.29, 1.82) is 0 Å². The maximum atomic E-state index is 13.6. The molecule has 0 unspecified atom stereocenters. The summed E-state index contributed by atoms with van der Waals surface area (Å²) in [7, 11) is 0. The van der Waals surface area contributed by atoms with E-state index in [1.165, 1.54) is 0 Å². The standard InChI is InChI=1S/C28H29BrCl2N2O3/c1-19(2)16-32-28(35)25(14-20-7-4-3-5-8-20)33(17-21-9-6-10-23(30)13-21)27(34)18-36-26-12-11-22(29)15-24(26)31/h3-13,15,19,25H,14,16-18H2,1-2H3,(H,32,35)/t25-/m1/s1. The van der Waals surface area contributed by atoms with Crippen molar-refractivity contribution in [2.75, 3.05) is 13.2 Å². The number of nitrogens with one attached hydrogen (secondary N) is 1. The van der Waals surface area contributed by atoms with Gasteiger partial charge in [0.2, 0.25) is 5.91 Å². The highest BCUT2D eigenvalue weighted by Gasteiger charge is 2.31. The molecular weight excluding hydrogens is 563 g/mol. The highest BCUT2D eigenvalue weighted by molar-refractivity contribution is 9.10. The molecule has 0 bridgehead atoms. The monoisotopic (exact) mass is 590 g/mol. The summed E-state index contributed by atoms with van der Waals surface area (Å²) in [6.07, 6.45) is 0.357. The van der Waals surface area contributed by atoms with Crippen molar-refractivity contribution in [3.63, 3.8) is 0 Å². The summed E-state index contributed by atoms with van der Waals surface area (Å²) in [4.78, 5) is 28.6. The van der Waals surface area contributed by atoms with Crippen LogP contribution >= 0.6 is 39.1 Å². The predicted octanol–water partition coefficient (Wildman–Crippen LogP) is 6.55. The summed E-state index contributed by atoms with van der Waals surface area (Å²) in [6, 6.07) is 21.3. The van der Waals surface area contributed by atoms with E-state index in [4.69, 9.17) is 27.9 Å². The fourth-order valence-electron chi connectivity index (χ4n) is 3.62. The smallest absolute Gasteiger partial charge is 0.261 e. The molecule has 3 rings (SSSR count). The van der Waals surface area contributed by atoms with E-state index < -0.39 is 6.04 Å². The molecule has 0 fully saturated rings. The first kappa shape index (κ1) is 28.0. The van der Waals surface area contributed by atoms with Crippen LogP contribution in [0.15, 0.2) is 77.3 Å². The zero-order chi connectivity index (χ0) is 26.1. The van der Waals surface area contributed by atoms with E-state index in [2.05, 4.69) is 21.2 Å². The van der Waals surface area contributed by atoms with Crippen molar-refractivity contribution in [3.05, 3.63) is 98.4 Å². The highest BCUT2D eigenvalue weighted by Crippen LogP contribution is 2.28. The molecule has 190 valence electrons. The number of rotatable bonds is 11. The Balaban J connectivity index is 1.91. The quantitative estimate of drug-likeness (QED) is 0.275. The third kappa shape index (κ3) is 8.54. The van der Waals surface area contributed by atoms with Crippen molar-refractivity contribution in [1.82, 2.24) is 10.2 Å². The number of hydrogen-bond acceptors (Lipinski definition) is 3. The van der Waals surface area contributed by atoms with Gasteiger partial charge in [-0.1, -0.05) is 95.4 Å². The second-order valence-electron chi connectivity index (χ2n) is 8.86. The van der Waals surface area contributed by atoms with E-state index in [1.807, 2.05) is 56.3 Å². The Kier molecular flexibility index (Phi) is 10.7. The largest absolute Gasteiger partial charge is 0.482 e. The second-order valence-corrected chi connectivity index (χ2v) is 10.6. The molecular formula is C28H29BrCl2N2O3. The molecule has 0 heterocycles. The van der Waals surface area contributed by atoms with E-state index >= 15 is 0 Å². The van der Waals surface area contributed by atoms with Gasteiger partial charge in [0.25, 0.3) is 5.91 Å². The second kappa shape index (κ2) is 13.7. The van der Waals surface area contributed by atoms with Gasteiger partial charge in [-0.05, 0) is 47.4 Å².